The zero-order valence-corrected chi connectivity index (χ0v) is 27.6. The molecule has 0 unspecified atom stereocenters. The lowest BCUT2D eigenvalue weighted by molar-refractivity contribution is 0.0853. The van der Waals surface area contributed by atoms with Crippen molar-refractivity contribution in [2.24, 2.45) is 10.3 Å². The minimum Gasteiger partial charge on any atom is -0.492 e. The summed E-state index contributed by atoms with van der Waals surface area (Å²) in [5, 5.41) is 10.3. The van der Waals surface area contributed by atoms with Crippen molar-refractivity contribution >= 4 is 51.0 Å². The molecule has 2 aromatic carbocycles. The molecule has 0 aliphatic carbocycles. The molecule has 0 fully saturated rings. The number of carbonyl (C=O) groups excluding carboxylic acids is 1. The summed E-state index contributed by atoms with van der Waals surface area (Å²) >= 11 is 7.40. The van der Waals surface area contributed by atoms with Crippen molar-refractivity contribution in [3.63, 3.8) is 0 Å². The molecule has 0 spiro atoms. The fourth-order valence-electron chi connectivity index (χ4n) is 5.98. The number of methoxy groups -OCH3 is 2. The van der Waals surface area contributed by atoms with Gasteiger partial charge in [0.15, 0.2) is 11.5 Å². The molecule has 47 heavy (non-hydrogen) atoms. The Labute approximate surface area is 279 Å². The molecule has 240 valence electrons. The van der Waals surface area contributed by atoms with E-state index >= 15 is 0 Å². The number of nitrogens with zero attached hydrogens (tertiary/aromatic N) is 4. The van der Waals surface area contributed by atoms with E-state index in [4.69, 9.17) is 40.4 Å². The molecule has 2 aliphatic heterocycles. The first kappa shape index (κ1) is 30.6. The molecular weight excluding hydrogens is 642 g/mol. The summed E-state index contributed by atoms with van der Waals surface area (Å²) in [5.41, 5.74) is 8.38. The van der Waals surface area contributed by atoms with E-state index in [-0.39, 0.29) is 18.8 Å². The first-order valence-corrected chi connectivity index (χ1v) is 16.0. The highest BCUT2D eigenvalue weighted by Gasteiger charge is 2.34. The monoisotopic (exact) mass is 671 g/mol. The Morgan fingerprint density at radius 3 is 2.57 bits per heavy atom. The maximum atomic E-state index is 13.7. The predicted molar refractivity (Wildman–Crippen MR) is 180 cm³/mol. The van der Waals surface area contributed by atoms with Crippen molar-refractivity contribution in [3.05, 3.63) is 92.7 Å². The zero-order valence-electron chi connectivity index (χ0n) is 26.0. The average molecular weight is 672 g/mol. The van der Waals surface area contributed by atoms with Crippen LogP contribution in [0.15, 0.2) is 65.1 Å². The molecule has 1 atom stereocenters. The molecule has 5 heterocycles. The lowest BCUT2D eigenvalue weighted by Crippen LogP contribution is -2.19. The van der Waals surface area contributed by atoms with Crippen molar-refractivity contribution in [2.75, 3.05) is 21.0 Å². The highest BCUT2D eigenvalue weighted by atomic mass is 35.5. The number of hydrogen-bond donors (Lipinski definition) is 1. The van der Waals surface area contributed by atoms with Crippen molar-refractivity contribution in [2.45, 2.75) is 32.8 Å². The normalized spacial score (nSPS) is 15.3. The van der Waals surface area contributed by atoms with Crippen LogP contribution in [0.1, 0.15) is 44.0 Å². The van der Waals surface area contributed by atoms with E-state index in [0.29, 0.717) is 56.9 Å². The summed E-state index contributed by atoms with van der Waals surface area (Å²) in [6.07, 6.45) is 5.96. The van der Waals surface area contributed by atoms with E-state index in [1.54, 1.807) is 7.11 Å². The van der Waals surface area contributed by atoms with Gasteiger partial charge in [0, 0.05) is 52.5 Å². The van der Waals surface area contributed by atoms with Gasteiger partial charge in [-0.1, -0.05) is 28.9 Å². The number of oxime groups is 1. The van der Waals surface area contributed by atoms with Gasteiger partial charge in [-0.05, 0) is 55.3 Å². The summed E-state index contributed by atoms with van der Waals surface area (Å²) in [5.74, 6) is 1.30. The van der Waals surface area contributed by atoms with E-state index in [9.17, 15) is 4.79 Å². The number of hydrogen-bond acceptors (Lipinski definition) is 10. The topological polar surface area (TPSA) is 118 Å². The Morgan fingerprint density at radius 1 is 1.13 bits per heavy atom. The van der Waals surface area contributed by atoms with E-state index in [0.717, 1.165) is 38.4 Å². The summed E-state index contributed by atoms with van der Waals surface area (Å²) in [6.45, 7) is 3.97. The fraction of sp³-hybridized carbons (Fsp3) is 0.235. The molecule has 7 rings (SSSR count). The molecule has 0 radical (unpaired) electrons. The number of nitrogens with one attached hydrogen (secondary N) is 1. The van der Waals surface area contributed by atoms with Gasteiger partial charge in [-0.3, -0.25) is 4.79 Å². The second kappa shape index (κ2) is 12.6. The lowest BCUT2D eigenvalue weighted by atomic mass is 9.95. The number of rotatable bonds is 9. The van der Waals surface area contributed by atoms with Crippen LogP contribution in [-0.4, -0.2) is 54.5 Å². The third kappa shape index (κ3) is 5.63. The van der Waals surface area contributed by atoms with Crippen LogP contribution in [0.2, 0.25) is 5.02 Å². The molecule has 11 nitrogen and oxygen atoms in total. The van der Waals surface area contributed by atoms with Crippen LogP contribution in [0.5, 0.6) is 23.0 Å². The maximum absolute atomic E-state index is 13.7. The quantitative estimate of drug-likeness (QED) is 0.139. The number of fused-ring (bicyclic) bond motifs is 2. The second-order valence-corrected chi connectivity index (χ2v) is 12.5. The molecule has 1 N–H and O–H groups in total. The van der Waals surface area contributed by atoms with Gasteiger partial charge in [-0.25, -0.2) is 10.4 Å². The Hall–Kier alpha value is -5.07. The largest absolute Gasteiger partial charge is 0.492 e. The number of halogens is 1. The summed E-state index contributed by atoms with van der Waals surface area (Å²) in [6, 6.07) is 13.3. The predicted octanol–water partition coefficient (Wildman–Crippen LogP) is 6.60. The number of thiophene rings is 1. The molecule has 0 saturated carbocycles. The van der Waals surface area contributed by atoms with Crippen LogP contribution in [0.25, 0.3) is 15.9 Å². The summed E-state index contributed by atoms with van der Waals surface area (Å²) in [7, 11) is 3.10. The summed E-state index contributed by atoms with van der Waals surface area (Å²) in [4.78, 5) is 25.6. The molecule has 5 aromatic rings. The Kier molecular flexibility index (Phi) is 8.21. The number of hydrazone groups is 1. The number of ether oxygens (including phenoxy) is 4. The number of amides is 1. The van der Waals surface area contributed by atoms with Gasteiger partial charge in [0.05, 0.1) is 31.8 Å². The van der Waals surface area contributed by atoms with Gasteiger partial charge in [0.1, 0.15) is 15.8 Å². The van der Waals surface area contributed by atoms with Crippen molar-refractivity contribution in [1.29, 1.82) is 0 Å². The van der Waals surface area contributed by atoms with Crippen LogP contribution >= 0.6 is 22.9 Å². The molecule has 2 aliphatic rings. The number of carbonyl (C=O) groups is 1. The van der Waals surface area contributed by atoms with Gasteiger partial charge in [-0.15, -0.1) is 11.3 Å². The fourth-order valence-corrected chi connectivity index (χ4v) is 7.29. The Morgan fingerprint density at radius 2 is 1.85 bits per heavy atom. The van der Waals surface area contributed by atoms with Crippen molar-refractivity contribution < 1.29 is 28.6 Å². The molecule has 1 amide bonds. The standard InChI is InChI=1S/C34H30ClN5O6S/c1-18-13-19(2)37-34-26(18)27(40-11-5-6-12-40)32(47-34)33(41)38-36-16-24-23(28(42-3)30-31(29(24)43-4)45-17-44-30)14-22-15-25(39-46-22)20-7-9-21(35)10-8-20/h5-13,16,22H,14-15,17H2,1-4H3,(H,38,41)/b36-16-/t22-/m1/s1. The summed E-state index contributed by atoms with van der Waals surface area (Å²) < 4.78 is 25.1. The SMILES string of the molecule is COc1c(/C=N\NC(=O)c2sc3nc(C)cc(C)c3c2-n2cccc2)c(C[C@@H]2CC(c3ccc(Cl)cc3)=NO2)c(OC)c2c1OCO2. The van der Waals surface area contributed by atoms with E-state index in [1.165, 1.54) is 24.7 Å². The van der Waals surface area contributed by atoms with Crippen molar-refractivity contribution in [1.82, 2.24) is 15.0 Å². The average Bonchev–Trinajstić information content (AvgIpc) is 3.88. The highest BCUT2D eigenvalue weighted by molar-refractivity contribution is 7.21. The number of pyridine rings is 1. The maximum Gasteiger partial charge on any atom is 0.283 e. The smallest absolute Gasteiger partial charge is 0.283 e. The molecule has 3 aromatic heterocycles. The second-order valence-electron chi connectivity index (χ2n) is 11.0. The van der Waals surface area contributed by atoms with Gasteiger partial charge in [-0.2, -0.15) is 5.10 Å². The molecular formula is C34H30ClN5O6S. The van der Waals surface area contributed by atoms with Crippen LogP contribution in [0, 0.1) is 13.8 Å². The minimum absolute atomic E-state index is 0.00358. The van der Waals surface area contributed by atoms with E-state index < -0.39 is 0 Å². The number of benzene rings is 2. The molecule has 0 saturated heterocycles. The zero-order chi connectivity index (χ0) is 32.7. The van der Waals surface area contributed by atoms with Crippen LogP contribution in [0.3, 0.4) is 0 Å². The van der Waals surface area contributed by atoms with Gasteiger partial charge in [0.2, 0.25) is 18.3 Å². The highest BCUT2D eigenvalue weighted by Crippen LogP contribution is 2.52. The Balaban J connectivity index is 1.22. The van der Waals surface area contributed by atoms with Gasteiger partial charge >= 0.3 is 0 Å². The van der Waals surface area contributed by atoms with Crippen molar-refractivity contribution in [3.8, 4) is 28.7 Å². The number of aryl methyl sites for hydroxylation is 2. The lowest BCUT2D eigenvalue weighted by Gasteiger charge is -2.19. The van der Waals surface area contributed by atoms with E-state index in [1.807, 2.05) is 73.3 Å². The molecule has 0 bridgehead atoms. The molecule has 13 heteroatoms. The number of aromatic nitrogens is 2. The van der Waals surface area contributed by atoms with Gasteiger partial charge < -0.3 is 28.4 Å². The first-order valence-electron chi connectivity index (χ1n) is 14.8. The van der Waals surface area contributed by atoms with E-state index in [2.05, 4.69) is 15.7 Å². The van der Waals surface area contributed by atoms with Crippen LogP contribution in [-0.2, 0) is 11.3 Å². The van der Waals surface area contributed by atoms with Crippen LogP contribution in [0.4, 0.5) is 0 Å². The third-order valence-corrected chi connectivity index (χ3v) is 9.33. The van der Waals surface area contributed by atoms with Crippen LogP contribution < -0.4 is 24.4 Å². The third-order valence-electron chi connectivity index (χ3n) is 8.01. The Bertz CT molecular complexity index is 2060. The first-order chi connectivity index (χ1) is 22.9. The van der Waals surface area contributed by atoms with Gasteiger partial charge in [0.25, 0.3) is 5.91 Å². The minimum atomic E-state index is -0.377.